The van der Waals surface area contributed by atoms with Gasteiger partial charge in [-0.2, -0.15) is 0 Å². The van der Waals surface area contributed by atoms with E-state index in [4.69, 9.17) is 9.47 Å². The second kappa shape index (κ2) is 9.28. The van der Waals surface area contributed by atoms with Crippen LogP contribution in [0.2, 0.25) is 0 Å². The van der Waals surface area contributed by atoms with Gasteiger partial charge in [0.15, 0.2) is 0 Å². The van der Waals surface area contributed by atoms with Crippen LogP contribution >= 0.6 is 0 Å². The molecule has 2 aromatic rings. The molecule has 0 radical (unpaired) electrons. The maximum Gasteiger partial charge on any atom is 0.255 e. The second-order valence-electron chi connectivity index (χ2n) is 9.18. The van der Waals surface area contributed by atoms with Crippen molar-refractivity contribution >= 4 is 23.0 Å². The number of amides is 1. The molecule has 1 amide bonds. The smallest absolute Gasteiger partial charge is 0.255 e. The largest absolute Gasteiger partial charge is 0.378 e. The van der Waals surface area contributed by atoms with Crippen molar-refractivity contribution in [3.8, 4) is 0 Å². The molecule has 0 aliphatic carbocycles. The van der Waals surface area contributed by atoms with Crippen molar-refractivity contribution in [1.82, 2.24) is 0 Å². The molecule has 2 aromatic carbocycles. The Morgan fingerprint density at radius 1 is 0.839 bits per heavy atom. The number of hydrogen-bond donors (Lipinski definition) is 1. The Kier molecular flexibility index (Phi) is 6.49. The monoisotopic (exact) mass is 423 g/mol. The summed E-state index contributed by atoms with van der Waals surface area (Å²) in [5, 5.41) is 3.15. The fraction of sp³-hybridized carbons (Fsp3) is 0.480. The molecule has 1 N–H and O–H groups in total. The van der Waals surface area contributed by atoms with Crippen molar-refractivity contribution in [2.24, 2.45) is 0 Å². The van der Waals surface area contributed by atoms with E-state index in [0.29, 0.717) is 18.8 Å². The SMILES string of the molecule is CC(C)(C)c1ccc(C(=O)Nc2ccc(N3CCOCC3)cc2N2CCOCC2)cc1. The molecule has 0 unspecified atom stereocenters. The van der Waals surface area contributed by atoms with Gasteiger partial charge in [0.2, 0.25) is 0 Å². The Labute approximate surface area is 185 Å². The zero-order chi connectivity index (χ0) is 21.8. The Hall–Kier alpha value is -2.57. The van der Waals surface area contributed by atoms with Gasteiger partial charge < -0.3 is 24.6 Å². The van der Waals surface area contributed by atoms with Crippen molar-refractivity contribution < 1.29 is 14.3 Å². The minimum atomic E-state index is -0.0888. The molecule has 2 heterocycles. The maximum atomic E-state index is 13.0. The van der Waals surface area contributed by atoms with E-state index in [1.165, 1.54) is 5.56 Å². The van der Waals surface area contributed by atoms with Crippen LogP contribution in [0.1, 0.15) is 36.7 Å². The van der Waals surface area contributed by atoms with Crippen LogP contribution in [0.5, 0.6) is 0 Å². The van der Waals surface area contributed by atoms with Crippen molar-refractivity contribution in [2.45, 2.75) is 26.2 Å². The number of hydrogen-bond acceptors (Lipinski definition) is 5. The first-order chi connectivity index (χ1) is 14.9. The zero-order valence-electron chi connectivity index (χ0n) is 18.8. The summed E-state index contributed by atoms with van der Waals surface area (Å²) in [5.74, 6) is -0.0888. The fourth-order valence-corrected chi connectivity index (χ4v) is 4.03. The van der Waals surface area contributed by atoms with Gasteiger partial charge in [-0.15, -0.1) is 0 Å². The predicted octanol–water partition coefficient (Wildman–Crippen LogP) is 3.91. The van der Waals surface area contributed by atoms with Crippen LogP contribution in [0.3, 0.4) is 0 Å². The summed E-state index contributed by atoms with van der Waals surface area (Å²) < 4.78 is 11.0. The summed E-state index contributed by atoms with van der Waals surface area (Å²) >= 11 is 0. The van der Waals surface area contributed by atoms with Gasteiger partial charge in [-0.25, -0.2) is 0 Å². The van der Waals surface area contributed by atoms with E-state index in [0.717, 1.165) is 56.5 Å². The molecule has 0 aromatic heterocycles. The first-order valence-electron chi connectivity index (χ1n) is 11.1. The van der Waals surface area contributed by atoms with E-state index in [9.17, 15) is 4.79 Å². The lowest BCUT2D eigenvalue weighted by molar-refractivity contribution is 0.102. The molecule has 6 heteroatoms. The molecule has 31 heavy (non-hydrogen) atoms. The van der Waals surface area contributed by atoms with E-state index < -0.39 is 0 Å². The van der Waals surface area contributed by atoms with Crippen LogP contribution in [0.25, 0.3) is 0 Å². The van der Waals surface area contributed by atoms with Crippen molar-refractivity contribution in [3.05, 3.63) is 53.6 Å². The summed E-state index contributed by atoms with van der Waals surface area (Å²) in [6.07, 6.45) is 0. The van der Waals surface area contributed by atoms with E-state index in [1.54, 1.807) is 0 Å². The van der Waals surface area contributed by atoms with Crippen molar-refractivity contribution in [1.29, 1.82) is 0 Å². The average molecular weight is 424 g/mol. The molecule has 4 rings (SSSR count). The molecular formula is C25H33N3O3. The van der Waals surface area contributed by atoms with E-state index in [2.05, 4.69) is 48.0 Å². The Balaban J connectivity index is 1.58. The normalized spacial score (nSPS) is 17.5. The highest BCUT2D eigenvalue weighted by molar-refractivity contribution is 6.06. The first-order valence-corrected chi connectivity index (χ1v) is 11.1. The minimum Gasteiger partial charge on any atom is -0.378 e. The topological polar surface area (TPSA) is 54.0 Å². The van der Waals surface area contributed by atoms with Crippen LogP contribution in [-0.4, -0.2) is 58.5 Å². The number of carbonyl (C=O) groups is 1. The molecular weight excluding hydrogens is 390 g/mol. The molecule has 2 saturated heterocycles. The van der Waals surface area contributed by atoms with Crippen LogP contribution in [-0.2, 0) is 14.9 Å². The van der Waals surface area contributed by atoms with Gasteiger partial charge in [0.05, 0.1) is 37.8 Å². The molecule has 0 saturated carbocycles. The molecule has 2 aliphatic rings. The molecule has 6 nitrogen and oxygen atoms in total. The van der Waals surface area contributed by atoms with Gasteiger partial charge in [-0.05, 0) is 41.3 Å². The maximum absolute atomic E-state index is 13.0. The lowest BCUT2D eigenvalue weighted by Gasteiger charge is -2.33. The Morgan fingerprint density at radius 2 is 1.42 bits per heavy atom. The summed E-state index contributed by atoms with van der Waals surface area (Å²) in [6, 6.07) is 14.2. The van der Waals surface area contributed by atoms with Gasteiger partial charge in [0.1, 0.15) is 0 Å². The average Bonchev–Trinajstić information content (AvgIpc) is 2.80. The van der Waals surface area contributed by atoms with Crippen molar-refractivity contribution in [3.63, 3.8) is 0 Å². The summed E-state index contributed by atoms with van der Waals surface area (Å²) in [5.41, 5.74) is 4.99. The van der Waals surface area contributed by atoms with Gasteiger partial charge in [0.25, 0.3) is 5.91 Å². The van der Waals surface area contributed by atoms with Crippen molar-refractivity contribution in [2.75, 3.05) is 67.7 Å². The predicted molar refractivity (Wildman–Crippen MR) is 126 cm³/mol. The van der Waals surface area contributed by atoms with Gasteiger partial charge >= 0.3 is 0 Å². The highest BCUT2D eigenvalue weighted by Gasteiger charge is 2.20. The summed E-state index contributed by atoms with van der Waals surface area (Å²) in [7, 11) is 0. The molecule has 0 atom stereocenters. The van der Waals surface area contributed by atoms with E-state index >= 15 is 0 Å². The quantitative estimate of drug-likeness (QED) is 0.808. The second-order valence-corrected chi connectivity index (χ2v) is 9.18. The number of anilines is 3. The zero-order valence-corrected chi connectivity index (χ0v) is 18.8. The third-order valence-corrected chi connectivity index (χ3v) is 5.97. The number of nitrogens with one attached hydrogen (secondary N) is 1. The lowest BCUT2D eigenvalue weighted by atomic mass is 9.87. The third kappa shape index (κ3) is 5.20. The van der Waals surface area contributed by atoms with Gasteiger partial charge in [-0.1, -0.05) is 32.9 Å². The standard InChI is InChI=1S/C25H33N3O3/c1-25(2,3)20-6-4-19(5-7-20)24(29)26-22-9-8-21(27-10-14-30-15-11-27)18-23(22)28-12-16-31-17-13-28/h4-9,18H,10-17H2,1-3H3,(H,26,29). The third-order valence-electron chi connectivity index (χ3n) is 5.97. The molecule has 166 valence electrons. The molecule has 2 aliphatic heterocycles. The number of ether oxygens (including phenoxy) is 2. The summed E-state index contributed by atoms with van der Waals surface area (Å²) in [4.78, 5) is 17.7. The summed E-state index contributed by atoms with van der Waals surface area (Å²) in [6.45, 7) is 12.8. The molecule has 0 spiro atoms. The van der Waals surface area contributed by atoms with Gasteiger partial charge in [0, 0.05) is 37.4 Å². The van der Waals surface area contributed by atoms with Gasteiger partial charge in [-0.3, -0.25) is 4.79 Å². The van der Waals surface area contributed by atoms with Crippen LogP contribution < -0.4 is 15.1 Å². The minimum absolute atomic E-state index is 0.0633. The van der Waals surface area contributed by atoms with Crippen LogP contribution in [0, 0.1) is 0 Å². The number of benzene rings is 2. The van der Waals surface area contributed by atoms with E-state index in [1.807, 2.05) is 30.3 Å². The van der Waals surface area contributed by atoms with Crippen LogP contribution in [0.4, 0.5) is 17.1 Å². The highest BCUT2D eigenvalue weighted by Crippen LogP contribution is 2.32. The molecule has 0 bridgehead atoms. The van der Waals surface area contributed by atoms with Crippen LogP contribution in [0.15, 0.2) is 42.5 Å². The lowest BCUT2D eigenvalue weighted by Crippen LogP contribution is -2.38. The Bertz CT molecular complexity index is 893. The number of morpholine rings is 2. The first kappa shape index (κ1) is 21.7. The number of nitrogens with zero attached hydrogens (tertiary/aromatic N) is 2. The van der Waals surface area contributed by atoms with E-state index in [-0.39, 0.29) is 11.3 Å². The Morgan fingerprint density at radius 3 is 2.00 bits per heavy atom. The number of rotatable bonds is 4. The fourth-order valence-electron chi connectivity index (χ4n) is 4.03. The number of carbonyl (C=O) groups excluding carboxylic acids is 1. The highest BCUT2D eigenvalue weighted by atomic mass is 16.5. The molecule has 2 fully saturated rings.